The molecule has 2 atom stereocenters. The Morgan fingerprint density at radius 2 is 1.79 bits per heavy atom. The van der Waals surface area contributed by atoms with E-state index < -0.39 is 0 Å². The van der Waals surface area contributed by atoms with E-state index in [2.05, 4.69) is 20.0 Å². The highest BCUT2D eigenvalue weighted by molar-refractivity contribution is 5.34. The second-order valence-electron chi connectivity index (χ2n) is 8.06. The van der Waals surface area contributed by atoms with E-state index in [-0.39, 0.29) is 11.7 Å². The summed E-state index contributed by atoms with van der Waals surface area (Å²) in [7, 11) is 0. The lowest BCUT2D eigenvalue weighted by Crippen LogP contribution is -2.55. The summed E-state index contributed by atoms with van der Waals surface area (Å²) in [5, 5.41) is 22.0. The molecule has 154 valence electrons. The van der Waals surface area contributed by atoms with Crippen molar-refractivity contribution in [2.45, 2.75) is 50.7 Å². The topological polar surface area (TPSA) is 78.6 Å². The van der Waals surface area contributed by atoms with Gasteiger partial charge >= 0.3 is 0 Å². The number of hydrogen-bond donors (Lipinski definition) is 1. The Morgan fingerprint density at radius 1 is 1.04 bits per heavy atom. The van der Waals surface area contributed by atoms with Crippen molar-refractivity contribution in [1.29, 1.82) is 10.5 Å². The molecule has 3 aliphatic rings. The minimum atomic E-state index is 0.180. The highest BCUT2D eigenvalue weighted by Crippen LogP contribution is 2.22. The Kier molecular flexibility index (Phi) is 8.57. The summed E-state index contributed by atoms with van der Waals surface area (Å²) in [5.41, 5.74) is 0.185. The van der Waals surface area contributed by atoms with Gasteiger partial charge in [-0.15, -0.1) is 0 Å². The van der Waals surface area contributed by atoms with Gasteiger partial charge in [0.25, 0.3) is 0 Å². The molecule has 0 aromatic carbocycles. The molecule has 2 unspecified atom stereocenters. The van der Waals surface area contributed by atoms with Crippen molar-refractivity contribution >= 4 is 0 Å². The molecule has 0 aromatic rings. The smallest absolute Gasteiger partial charge is 0.145 e. The average molecular weight is 387 g/mol. The van der Waals surface area contributed by atoms with Crippen LogP contribution in [0.3, 0.4) is 0 Å². The Hall–Kier alpha value is -1.64. The van der Waals surface area contributed by atoms with Crippen LogP contribution < -0.4 is 5.32 Å². The standard InChI is InChI=1S/C21H34N6O/c22-16-19(17-23)18-27-10-5-20(26-11-13-28-14-12-26)15-21(27)24-6-4-9-25-7-2-1-3-8-25/h18,20-21,24H,1-15H2. The largest absolute Gasteiger partial charge is 0.379 e. The van der Waals surface area contributed by atoms with Gasteiger partial charge in [-0.3, -0.25) is 10.2 Å². The van der Waals surface area contributed by atoms with Gasteiger partial charge in [0.15, 0.2) is 0 Å². The number of nitrogens with zero attached hydrogens (tertiary/aromatic N) is 5. The van der Waals surface area contributed by atoms with Crippen molar-refractivity contribution in [3.63, 3.8) is 0 Å². The Labute approximate surface area is 169 Å². The van der Waals surface area contributed by atoms with Crippen LogP contribution in [0.5, 0.6) is 0 Å². The van der Waals surface area contributed by atoms with Crippen molar-refractivity contribution in [1.82, 2.24) is 20.0 Å². The summed E-state index contributed by atoms with van der Waals surface area (Å²) in [6.45, 7) is 9.13. The normalized spacial score (nSPS) is 27.0. The van der Waals surface area contributed by atoms with E-state index in [9.17, 15) is 0 Å². The maximum atomic E-state index is 9.14. The molecule has 28 heavy (non-hydrogen) atoms. The SMILES string of the molecule is N#CC(C#N)=CN1CCC(N2CCOCC2)CC1NCCCN1CCCCC1. The predicted molar refractivity (Wildman–Crippen MR) is 108 cm³/mol. The maximum Gasteiger partial charge on any atom is 0.145 e. The van der Waals surface area contributed by atoms with Crippen LogP contribution in [0.2, 0.25) is 0 Å². The first kappa shape index (κ1) is 21.1. The molecular formula is C21H34N6O. The van der Waals surface area contributed by atoms with Crippen LogP contribution in [-0.2, 0) is 4.74 Å². The third kappa shape index (κ3) is 6.18. The number of allylic oxidation sites excluding steroid dienone is 1. The van der Waals surface area contributed by atoms with Crippen LogP contribution in [0.25, 0.3) is 0 Å². The number of hydrogen-bond acceptors (Lipinski definition) is 7. The number of piperidine rings is 2. The van der Waals surface area contributed by atoms with Gasteiger partial charge in [-0.25, -0.2) is 0 Å². The molecule has 0 saturated carbocycles. The third-order valence-electron chi connectivity index (χ3n) is 6.19. The number of nitriles is 2. The molecule has 0 aromatic heterocycles. The van der Waals surface area contributed by atoms with E-state index in [1.165, 1.54) is 32.4 Å². The third-order valence-corrected chi connectivity index (χ3v) is 6.19. The molecule has 3 fully saturated rings. The van der Waals surface area contributed by atoms with E-state index >= 15 is 0 Å². The quantitative estimate of drug-likeness (QED) is 0.525. The van der Waals surface area contributed by atoms with E-state index in [4.69, 9.17) is 15.3 Å². The second-order valence-corrected chi connectivity index (χ2v) is 8.06. The molecule has 3 heterocycles. The van der Waals surface area contributed by atoms with Gasteiger partial charge in [0.2, 0.25) is 0 Å². The molecule has 0 bridgehead atoms. The zero-order valence-corrected chi connectivity index (χ0v) is 17.0. The molecule has 3 rings (SSSR count). The number of rotatable bonds is 7. The fraction of sp³-hybridized carbons (Fsp3) is 0.810. The van der Waals surface area contributed by atoms with Gasteiger partial charge in [0.1, 0.15) is 17.7 Å². The zero-order valence-electron chi connectivity index (χ0n) is 17.0. The number of likely N-dealkylation sites (tertiary alicyclic amines) is 2. The van der Waals surface area contributed by atoms with Crippen molar-refractivity contribution in [3.8, 4) is 12.1 Å². The van der Waals surface area contributed by atoms with Crippen LogP contribution in [0.4, 0.5) is 0 Å². The van der Waals surface area contributed by atoms with E-state index in [1.54, 1.807) is 6.20 Å². The Balaban J connectivity index is 1.53. The minimum Gasteiger partial charge on any atom is -0.379 e. The molecule has 0 spiro atoms. The molecule has 7 nitrogen and oxygen atoms in total. The first-order valence-electron chi connectivity index (χ1n) is 10.9. The number of nitrogens with one attached hydrogen (secondary N) is 1. The maximum absolute atomic E-state index is 9.14. The molecular weight excluding hydrogens is 352 g/mol. The monoisotopic (exact) mass is 386 g/mol. The fourth-order valence-corrected chi connectivity index (χ4v) is 4.60. The van der Waals surface area contributed by atoms with Gasteiger partial charge in [-0.2, -0.15) is 10.5 Å². The molecule has 7 heteroatoms. The molecule has 0 aliphatic carbocycles. The average Bonchev–Trinajstić information content (AvgIpc) is 2.77. The van der Waals surface area contributed by atoms with Crippen LogP contribution in [0.1, 0.15) is 38.5 Å². The summed E-state index contributed by atoms with van der Waals surface area (Å²) in [6, 6.07) is 4.55. The molecule has 3 aliphatic heterocycles. The van der Waals surface area contributed by atoms with E-state index in [1.807, 2.05) is 12.1 Å². The predicted octanol–water partition coefficient (Wildman–Crippen LogP) is 1.51. The summed E-state index contributed by atoms with van der Waals surface area (Å²) in [5.74, 6) is 0. The molecule has 1 N–H and O–H groups in total. The lowest BCUT2D eigenvalue weighted by Gasteiger charge is -2.44. The minimum absolute atomic E-state index is 0.180. The van der Waals surface area contributed by atoms with Crippen LogP contribution >= 0.6 is 0 Å². The highest BCUT2D eigenvalue weighted by atomic mass is 16.5. The first-order chi connectivity index (χ1) is 13.8. The fourth-order valence-electron chi connectivity index (χ4n) is 4.60. The zero-order chi connectivity index (χ0) is 19.6. The lowest BCUT2D eigenvalue weighted by molar-refractivity contribution is -0.00728. The molecule has 3 saturated heterocycles. The van der Waals surface area contributed by atoms with Crippen molar-refractivity contribution in [2.75, 3.05) is 59.0 Å². The van der Waals surface area contributed by atoms with Gasteiger partial charge in [-0.05, 0) is 58.3 Å². The Morgan fingerprint density at radius 3 is 2.50 bits per heavy atom. The van der Waals surface area contributed by atoms with Gasteiger partial charge in [-0.1, -0.05) is 6.42 Å². The summed E-state index contributed by atoms with van der Waals surface area (Å²) in [6.07, 6.45) is 9.19. The number of morpholine rings is 1. The van der Waals surface area contributed by atoms with Crippen LogP contribution in [0, 0.1) is 22.7 Å². The van der Waals surface area contributed by atoms with E-state index in [0.29, 0.717) is 6.04 Å². The van der Waals surface area contributed by atoms with Crippen LogP contribution in [0.15, 0.2) is 11.8 Å². The van der Waals surface area contributed by atoms with E-state index in [0.717, 1.165) is 65.2 Å². The summed E-state index contributed by atoms with van der Waals surface area (Å²) in [4.78, 5) is 7.28. The van der Waals surface area contributed by atoms with Gasteiger partial charge in [0, 0.05) is 31.9 Å². The lowest BCUT2D eigenvalue weighted by atomic mass is 9.99. The second kappa shape index (κ2) is 11.4. The summed E-state index contributed by atoms with van der Waals surface area (Å²) >= 11 is 0. The summed E-state index contributed by atoms with van der Waals surface area (Å²) < 4.78 is 5.50. The van der Waals surface area contributed by atoms with Gasteiger partial charge in [0.05, 0.1) is 19.4 Å². The van der Waals surface area contributed by atoms with Crippen molar-refractivity contribution in [2.24, 2.45) is 0 Å². The van der Waals surface area contributed by atoms with Crippen molar-refractivity contribution in [3.05, 3.63) is 11.8 Å². The first-order valence-corrected chi connectivity index (χ1v) is 10.9. The number of ether oxygens (including phenoxy) is 1. The highest BCUT2D eigenvalue weighted by Gasteiger charge is 2.31. The van der Waals surface area contributed by atoms with Crippen LogP contribution in [-0.4, -0.2) is 85.9 Å². The Bertz CT molecular complexity index is 567. The molecule has 0 amide bonds. The van der Waals surface area contributed by atoms with Gasteiger partial charge < -0.3 is 14.5 Å². The molecule has 0 radical (unpaired) electrons. The van der Waals surface area contributed by atoms with Crippen molar-refractivity contribution < 1.29 is 4.74 Å².